The summed E-state index contributed by atoms with van der Waals surface area (Å²) in [4.78, 5) is 23.8. The highest BCUT2D eigenvalue weighted by molar-refractivity contribution is 7.91. The molecule has 0 saturated heterocycles. The number of benzene rings is 1. The van der Waals surface area contributed by atoms with Crippen LogP contribution in [0, 0.1) is 5.92 Å². The van der Waals surface area contributed by atoms with Gasteiger partial charge < -0.3 is 20.7 Å². The van der Waals surface area contributed by atoms with Gasteiger partial charge in [-0.1, -0.05) is 6.07 Å². The molecule has 1 saturated carbocycles. The second-order valence-corrected chi connectivity index (χ2v) is 10.4. The van der Waals surface area contributed by atoms with Gasteiger partial charge in [0.1, 0.15) is 5.60 Å². The maximum absolute atomic E-state index is 12.7. The fraction of sp³-hybridized carbons (Fsp3) is 0.579. The van der Waals surface area contributed by atoms with E-state index in [9.17, 15) is 26.8 Å². The van der Waals surface area contributed by atoms with E-state index in [0.717, 1.165) is 25.0 Å². The summed E-state index contributed by atoms with van der Waals surface area (Å²) in [6.45, 7) is 7.11. The molecule has 2 rings (SSSR count). The molecule has 0 aliphatic heterocycles. The predicted octanol–water partition coefficient (Wildman–Crippen LogP) is 3.50. The lowest BCUT2D eigenvalue weighted by Gasteiger charge is -2.32. The Labute approximate surface area is 174 Å². The number of anilines is 1. The third kappa shape index (κ3) is 6.54. The summed E-state index contributed by atoms with van der Waals surface area (Å²) in [6.07, 6.45) is 1.13. The Morgan fingerprint density at radius 1 is 1.20 bits per heavy atom. The van der Waals surface area contributed by atoms with Crippen LogP contribution in [-0.4, -0.2) is 44.0 Å². The number of alkyl carbamates (subject to hydrolysis) is 1. The van der Waals surface area contributed by atoms with Crippen molar-refractivity contribution in [3.05, 3.63) is 24.3 Å². The molecule has 0 unspecified atom stereocenters. The topological polar surface area (TPSA) is 114 Å². The molecule has 1 aliphatic rings. The maximum Gasteiger partial charge on any atom is 0.407 e. The summed E-state index contributed by atoms with van der Waals surface area (Å²) < 4.78 is 53.9. The molecule has 1 fully saturated rings. The number of carbonyl (C=O) groups is 2. The van der Waals surface area contributed by atoms with Gasteiger partial charge in [0.05, 0.1) is 10.4 Å². The molecule has 8 nitrogen and oxygen atoms in total. The monoisotopic (exact) mass is 447 g/mol. The molecule has 0 spiro atoms. The Morgan fingerprint density at radius 3 is 2.37 bits per heavy atom. The van der Waals surface area contributed by atoms with Crippen molar-refractivity contribution in [1.82, 2.24) is 10.6 Å². The number of urea groups is 1. The van der Waals surface area contributed by atoms with Gasteiger partial charge in [0.2, 0.25) is 9.84 Å². The first-order chi connectivity index (χ1) is 13.7. The van der Waals surface area contributed by atoms with Crippen LogP contribution in [0.25, 0.3) is 0 Å². The minimum absolute atomic E-state index is 0.0486. The summed E-state index contributed by atoms with van der Waals surface area (Å²) in [7, 11) is -4.77. The Balaban J connectivity index is 2.03. The third-order valence-electron chi connectivity index (χ3n) is 4.53. The summed E-state index contributed by atoms with van der Waals surface area (Å²) in [6, 6.07) is 3.99. The molecule has 3 N–H and O–H groups in total. The first-order valence-electron chi connectivity index (χ1n) is 9.41. The SMILES string of the molecule is CC(C)(C)OC(=O)NC[C@@](C)(NC(=O)Nc1cccc(S(=O)(=O)C(F)F)c1)C1CC1. The first-order valence-corrected chi connectivity index (χ1v) is 11.0. The molecule has 0 radical (unpaired) electrons. The van der Waals surface area contributed by atoms with Crippen molar-refractivity contribution < 1.29 is 31.5 Å². The van der Waals surface area contributed by atoms with Crippen molar-refractivity contribution >= 4 is 27.6 Å². The lowest BCUT2D eigenvalue weighted by molar-refractivity contribution is 0.0509. The van der Waals surface area contributed by atoms with Crippen molar-refractivity contribution in [3.63, 3.8) is 0 Å². The van der Waals surface area contributed by atoms with E-state index < -0.39 is 43.8 Å². The van der Waals surface area contributed by atoms with Crippen LogP contribution in [0.3, 0.4) is 0 Å². The highest BCUT2D eigenvalue weighted by Crippen LogP contribution is 2.39. The van der Waals surface area contributed by atoms with Crippen molar-refractivity contribution in [2.24, 2.45) is 5.92 Å². The molecule has 0 bridgehead atoms. The molecule has 1 aromatic carbocycles. The minimum atomic E-state index is -4.77. The standard InChI is InChI=1S/C19H27F2N3O5S/c1-18(2,3)29-17(26)22-11-19(4,12-8-9-12)24-16(25)23-13-6-5-7-14(10-13)30(27,28)15(20)21/h5-7,10,12,15H,8-9,11H2,1-4H3,(H,22,26)(H2,23,24,25)/t19-/m1/s1. The molecule has 0 heterocycles. The number of alkyl halides is 2. The molecule has 168 valence electrons. The lowest BCUT2D eigenvalue weighted by atomic mass is 9.96. The minimum Gasteiger partial charge on any atom is -0.444 e. The number of halogens is 2. The molecule has 3 amide bonds. The third-order valence-corrected chi connectivity index (χ3v) is 5.91. The van der Waals surface area contributed by atoms with E-state index in [1.165, 1.54) is 12.1 Å². The van der Waals surface area contributed by atoms with Crippen LogP contribution in [0.5, 0.6) is 0 Å². The van der Waals surface area contributed by atoms with Gasteiger partial charge >= 0.3 is 17.9 Å². The zero-order chi connectivity index (χ0) is 22.7. The number of amides is 3. The molecule has 11 heteroatoms. The van der Waals surface area contributed by atoms with E-state index in [2.05, 4.69) is 16.0 Å². The van der Waals surface area contributed by atoms with Crippen molar-refractivity contribution in [2.45, 2.75) is 62.3 Å². The van der Waals surface area contributed by atoms with Gasteiger partial charge in [0.25, 0.3) is 0 Å². The smallest absolute Gasteiger partial charge is 0.407 e. The van der Waals surface area contributed by atoms with Crippen LogP contribution in [0.2, 0.25) is 0 Å². The predicted molar refractivity (Wildman–Crippen MR) is 107 cm³/mol. The molecule has 0 aromatic heterocycles. The number of hydrogen-bond donors (Lipinski definition) is 3. The summed E-state index contributed by atoms with van der Waals surface area (Å²) in [5.74, 6) is -3.41. The second kappa shape index (κ2) is 8.75. The van der Waals surface area contributed by atoms with Gasteiger partial charge in [-0.15, -0.1) is 0 Å². The average Bonchev–Trinajstić information content (AvgIpc) is 3.44. The number of ether oxygens (including phenoxy) is 1. The van der Waals surface area contributed by atoms with Crippen LogP contribution < -0.4 is 16.0 Å². The molecule has 30 heavy (non-hydrogen) atoms. The summed E-state index contributed by atoms with van der Waals surface area (Å²) >= 11 is 0. The van der Waals surface area contributed by atoms with E-state index in [1.54, 1.807) is 27.7 Å². The lowest BCUT2D eigenvalue weighted by Crippen LogP contribution is -2.56. The van der Waals surface area contributed by atoms with E-state index in [4.69, 9.17) is 4.74 Å². The average molecular weight is 448 g/mol. The van der Waals surface area contributed by atoms with Gasteiger partial charge in [0, 0.05) is 12.2 Å². The molecule has 1 aromatic rings. The molecule has 1 atom stereocenters. The molecular weight excluding hydrogens is 420 g/mol. The Bertz CT molecular complexity index is 898. The summed E-state index contributed by atoms with van der Waals surface area (Å²) in [5, 5.41) is 7.88. The van der Waals surface area contributed by atoms with E-state index in [0.29, 0.717) is 0 Å². The zero-order valence-corrected chi connectivity index (χ0v) is 18.1. The first kappa shape index (κ1) is 23.8. The molecular formula is C19H27F2N3O5S. The Kier molecular flexibility index (Phi) is 6.95. The second-order valence-electron chi connectivity index (χ2n) is 8.46. The van der Waals surface area contributed by atoms with Gasteiger partial charge in [0.15, 0.2) is 0 Å². The zero-order valence-electron chi connectivity index (χ0n) is 17.3. The van der Waals surface area contributed by atoms with E-state index >= 15 is 0 Å². The van der Waals surface area contributed by atoms with E-state index in [-0.39, 0.29) is 18.2 Å². The van der Waals surface area contributed by atoms with Gasteiger partial charge in [-0.2, -0.15) is 8.78 Å². The van der Waals surface area contributed by atoms with Crippen LogP contribution in [0.15, 0.2) is 29.2 Å². The number of rotatable bonds is 7. The van der Waals surface area contributed by atoms with Crippen LogP contribution in [0.1, 0.15) is 40.5 Å². The molecule has 1 aliphatic carbocycles. The normalized spacial score (nSPS) is 16.5. The van der Waals surface area contributed by atoms with Gasteiger partial charge in [-0.3, -0.25) is 0 Å². The Morgan fingerprint density at radius 2 is 1.83 bits per heavy atom. The number of sulfone groups is 1. The van der Waals surface area contributed by atoms with Crippen molar-refractivity contribution in [2.75, 3.05) is 11.9 Å². The maximum atomic E-state index is 12.7. The highest BCUT2D eigenvalue weighted by Gasteiger charge is 2.43. The Hall–Kier alpha value is -2.43. The largest absolute Gasteiger partial charge is 0.444 e. The van der Waals surface area contributed by atoms with Crippen molar-refractivity contribution in [3.8, 4) is 0 Å². The van der Waals surface area contributed by atoms with Crippen LogP contribution in [-0.2, 0) is 14.6 Å². The van der Waals surface area contributed by atoms with E-state index in [1.807, 2.05) is 0 Å². The van der Waals surface area contributed by atoms with Crippen molar-refractivity contribution in [1.29, 1.82) is 0 Å². The van der Waals surface area contributed by atoms with Gasteiger partial charge in [-0.05, 0) is 64.7 Å². The fourth-order valence-corrected chi connectivity index (χ4v) is 3.62. The quantitative estimate of drug-likeness (QED) is 0.592. The fourth-order valence-electron chi connectivity index (χ4n) is 2.86. The number of hydrogen-bond acceptors (Lipinski definition) is 5. The van der Waals surface area contributed by atoms with Crippen LogP contribution >= 0.6 is 0 Å². The van der Waals surface area contributed by atoms with Crippen LogP contribution in [0.4, 0.5) is 24.1 Å². The van der Waals surface area contributed by atoms with Gasteiger partial charge in [-0.25, -0.2) is 18.0 Å². The number of nitrogens with one attached hydrogen (secondary N) is 3. The summed E-state index contributed by atoms with van der Waals surface area (Å²) in [5.41, 5.74) is -1.38. The number of carbonyl (C=O) groups excluding carboxylic acids is 2. The highest BCUT2D eigenvalue weighted by atomic mass is 32.2.